The van der Waals surface area contributed by atoms with Crippen LogP contribution in [0, 0.1) is 0 Å². The molecular formula is C16H21NO2. The standard InChI is InChI=1S/C16H21NO2/c1-3-12(16(18)19-2)8-9-17-15-10-13-6-4-5-7-14(13)11-15/h4-8,15,17H,3,9-11H2,1-2H3/b12-8-. The van der Waals surface area contributed by atoms with Crippen LogP contribution in [-0.4, -0.2) is 25.7 Å². The zero-order valence-electron chi connectivity index (χ0n) is 11.6. The number of methoxy groups -OCH3 is 1. The number of carbonyl (C=O) groups excluding carboxylic acids is 1. The van der Waals surface area contributed by atoms with Crippen molar-refractivity contribution in [1.82, 2.24) is 5.32 Å². The van der Waals surface area contributed by atoms with Gasteiger partial charge in [-0.15, -0.1) is 0 Å². The van der Waals surface area contributed by atoms with Gasteiger partial charge >= 0.3 is 5.97 Å². The number of hydrogen-bond acceptors (Lipinski definition) is 3. The minimum atomic E-state index is -0.223. The van der Waals surface area contributed by atoms with E-state index in [4.69, 9.17) is 4.74 Å². The number of hydrogen-bond donors (Lipinski definition) is 1. The minimum absolute atomic E-state index is 0.223. The molecular weight excluding hydrogens is 238 g/mol. The third-order valence-corrected chi connectivity index (χ3v) is 3.63. The lowest BCUT2D eigenvalue weighted by atomic mass is 10.1. The summed E-state index contributed by atoms with van der Waals surface area (Å²) in [5, 5.41) is 3.49. The average Bonchev–Trinajstić information content (AvgIpc) is 2.85. The molecule has 3 nitrogen and oxygen atoms in total. The van der Waals surface area contributed by atoms with E-state index in [-0.39, 0.29) is 5.97 Å². The van der Waals surface area contributed by atoms with Crippen molar-refractivity contribution in [3.05, 3.63) is 47.0 Å². The predicted molar refractivity (Wildman–Crippen MR) is 76.0 cm³/mol. The van der Waals surface area contributed by atoms with Crippen molar-refractivity contribution >= 4 is 5.97 Å². The Hall–Kier alpha value is -1.61. The first kappa shape index (κ1) is 13.8. The van der Waals surface area contributed by atoms with E-state index in [1.165, 1.54) is 18.2 Å². The van der Waals surface area contributed by atoms with Crippen molar-refractivity contribution in [2.24, 2.45) is 0 Å². The quantitative estimate of drug-likeness (QED) is 0.651. The average molecular weight is 259 g/mol. The maximum Gasteiger partial charge on any atom is 0.333 e. The summed E-state index contributed by atoms with van der Waals surface area (Å²) in [7, 11) is 1.42. The molecule has 0 fully saturated rings. The van der Waals surface area contributed by atoms with Crippen LogP contribution in [0.25, 0.3) is 0 Å². The van der Waals surface area contributed by atoms with Gasteiger partial charge in [0.2, 0.25) is 0 Å². The largest absolute Gasteiger partial charge is 0.466 e. The highest BCUT2D eigenvalue weighted by molar-refractivity contribution is 5.88. The third-order valence-electron chi connectivity index (χ3n) is 3.63. The van der Waals surface area contributed by atoms with Crippen molar-refractivity contribution in [2.75, 3.05) is 13.7 Å². The molecule has 0 saturated heterocycles. The molecule has 0 saturated carbocycles. The molecule has 1 aromatic rings. The van der Waals surface area contributed by atoms with Crippen molar-refractivity contribution in [1.29, 1.82) is 0 Å². The SMILES string of the molecule is CC/C(=C/CNC1Cc2ccccc2C1)C(=O)OC. The Kier molecular flexibility index (Phi) is 4.74. The monoisotopic (exact) mass is 259 g/mol. The van der Waals surface area contributed by atoms with E-state index < -0.39 is 0 Å². The van der Waals surface area contributed by atoms with Crippen molar-refractivity contribution in [3.63, 3.8) is 0 Å². The Labute approximate surface area is 114 Å². The molecule has 0 amide bonds. The van der Waals surface area contributed by atoms with Crippen LogP contribution in [0.5, 0.6) is 0 Å². The summed E-state index contributed by atoms with van der Waals surface area (Å²) < 4.78 is 4.74. The van der Waals surface area contributed by atoms with Gasteiger partial charge in [-0.05, 0) is 30.4 Å². The Balaban J connectivity index is 1.85. The van der Waals surface area contributed by atoms with Gasteiger partial charge in [-0.25, -0.2) is 4.79 Å². The lowest BCUT2D eigenvalue weighted by Crippen LogP contribution is -2.30. The Morgan fingerprint density at radius 3 is 2.53 bits per heavy atom. The van der Waals surface area contributed by atoms with Crippen LogP contribution in [0.1, 0.15) is 24.5 Å². The minimum Gasteiger partial charge on any atom is -0.466 e. The number of fused-ring (bicyclic) bond motifs is 1. The van der Waals surface area contributed by atoms with Crippen LogP contribution in [0.15, 0.2) is 35.9 Å². The van der Waals surface area contributed by atoms with Gasteiger partial charge in [-0.2, -0.15) is 0 Å². The fourth-order valence-electron chi connectivity index (χ4n) is 2.56. The van der Waals surface area contributed by atoms with Gasteiger partial charge in [0.15, 0.2) is 0 Å². The highest BCUT2D eigenvalue weighted by Crippen LogP contribution is 2.21. The lowest BCUT2D eigenvalue weighted by Gasteiger charge is -2.10. The summed E-state index contributed by atoms with van der Waals surface area (Å²) in [5.74, 6) is -0.223. The number of benzene rings is 1. The maximum absolute atomic E-state index is 11.4. The van der Waals surface area contributed by atoms with E-state index in [0.717, 1.165) is 25.0 Å². The van der Waals surface area contributed by atoms with Gasteiger partial charge in [0.1, 0.15) is 0 Å². The Morgan fingerprint density at radius 1 is 1.37 bits per heavy atom. The Bertz CT molecular complexity index is 454. The number of rotatable bonds is 5. The van der Waals surface area contributed by atoms with E-state index in [9.17, 15) is 4.79 Å². The molecule has 2 rings (SSSR count). The number of ether oxygens (including phenoxy) is 1. The first-order chi connectivity index (χ1) is 9.24. The molecule has 0 unspecified atom stereocenters. The molecule has 1 aliphatic carbocycles. The molecule has 0 spiro atoms. The van der Waals surface area contributed by atoms with Gasteiger partial charge in [0.05, 0.1) is 7.11 Å². The van der Waals surface area contributed by atoms with Crippen LogP contribution in [0.2, 0.25) is 0 Å². The van der Waals surface area contributed by atoms with Crippen molar-refractivity contribution < 1.29 is 9.53 Å². The molecule has 0 bridgehead atoms. The maximum atomic E-state index is 11.4. The zero-order valence-corrected chi connectivity index (χ0v) is 11.6. The van der Waals surface area contributed by atoms with E-state index in [1.54, 1.807) is 0 Å². The summed E-state index contributed by atoms with van der Waals surface area (Å²) in [6.45, 7) is 2.69. The number of esters is 1. The molecule has 19 heavy (non-hydrogen) atoms. The second-order valence-corrected chi connectivity index (χ2v) is 4.86. The molecule has 0 aromatic heterocycles. The third kappa shape index (κ3) is 3.44. The van der Waals surface area contributed by atoms with Crippen LogP contribution in [-0.2, 0) is 22.4 Å². The fourth-order valence-corrected chi connectivity index (χ4v) is 2.56. The van der Waals surface area contributed by atoms with Gasteiger partial charge < -0.3 is 10.1 Å². The van der Waals surface area contributed by atoms with E-state index in [1.807, 2.05) is 13.0 Å². The first-order valence-corrected chi connectivity index (χ1v) is 6.82. The smallest absolute Gasteiger partial charge is 0.333 e. The molecule has 1 aliphatic rings. The summed E-state index contributed by atoms with van der Waals surface area (Å²) in [4.78, 5) is 11.4. The van der Waals surface area contributed by atoms with Gasteiger partial charge in [0, 0.05) is 18.2 Å². The molecule has 0 heterocycles. The molecule has 0 radical (unpaired) electrons. The van der Waals surface area contributed by atoms with Gasteiger partial charge in [-0.3, -0.25) is 0 Å². The second-order valence-electron chi connectivity index (χ2n) is 4.86. The van der Waals surface area contributed by atoms with E-state index >= 15 is 0 Å². The van der Waals surface area contributed by atoms with Crippen LogP contribution in [0.3, 0.4) is 0 Å². The van der Waals surface area contributed by atoms with Crippen LogP contribution < -0.4 is 5.32 Å². The van der Waals surface area contributed by atoms with Crippen molar-refractivity contribution in [2.45, 2.75) is 32.2 Å². The molecule has 1 aromatic carbocycles. The molecule has 0 aliphatic heterocycles. The van der Waals surface area contributed by atoms with Crippen LogP contribution >= 0.6 is 0 Å². The molecule has 3 heteroatoms. The topological polar surface area (TPSA) is 38.3 Å². The summed E-state index contributed by atoms with van der Waals surface area (Å²) in [5.41, 5.74) is 3.62. The Morgan fingerprint density at radius 2 is 2.00 bits per heavy atom. The first-order valence-electron chi connectivity index (χ1n) is 6.82. The van der Waals surface area contributed by atoms with Crippen LogP contribution in [0.4, 0.5) is 0 Å². The highest BCUT2D eigenvalue weighted by Gasteiger charge is 2.19. The molecule has 102 valence electrons. The zero-order chi connectivity index (χ0) is 13.7. The van der Waals surface area contributed by atoms with Gasteiger partial charge in [0.25, 0.3) is 0 Å². The van der Waals surface area contributed by atoms with Crippen molar-refractivity contribution in [3.8, 4) is 0 Å². The van der Waals surface area contributed by atoms with E-state index in [0.29, 0.717) is 12.5 Å². The fraction of sp³-hybridized carbons (Fsp3) is 0.438. The second kappa shape index (κ2) is 6.53. The molecule has 1 N–H and O–H groups in total. The normalized spacial score (nSPS) is 15.4. The summed E-state index contributed by atoms with van der Waals surface area (Å²) in [6.07, 6.45) is 4.79. The number of carbonyl (C=O) groups is 1. The lowest BCUT2D eigenvalue weighted by molar-refractivity contribution is -0.136. The van der Waals surface area contributed by atoms with E-state index in [2.05, 4.69) is 29.6 Å². The van der Waals surface area contributed by atoms with Gasteiger partial charge in [-0.1, -0.05) is 37.3 Å². The summed E-state index contributed by atoms with van der Waals surface area (Å²) >= 11 is 0. The molecule has 0 atom stereocenters. The number of nitrogens with one attached hydrogen (secondary N) is 1. The highest BCUT2D eigenvalue weighted by atomic mass is 16.5. The summed E-state index contributed by atoms with van der Waals surface area (Å²) in [6, 6.07) is 9.04. The predicted octanol–water partition coefficient (Wildman–Crippen LogP) is 2.25.